The Balaban J connectivity index is 2.67. The molecular formula is C10H10N4O3. The third-order valence-electron chi connectivity index (χ3n) is 2.37. The summed E-state index contributed by atoms with van der Waals surface area (Å²) < 4.78 is 5.09. The molecule has 0 fully saturated rings. The number of rotatable bonds is 3. The third kappa shape index (κ3) is 1.82. The van der Waals surface area contributed by atoms with Crippen molar-refractivity contribution < 1.29 is 9.66 Å². The highest BCUT2D eigenvalue weighted by atomic mass is 16.6. The number of hydrogen-bond acceptors (Lipinski definition) is 5. The highest BCUT2D eigenvalue weighted by Crippen LogP contribution is 2.37. The summed E-state index contributed by atoms with van der Waals surface area (Å²) in [6, 6.07) is 4.68. The van der Waals surface area contributed by atoms with Crippen LogP contribution in [0.2, 0.25) is 0 Å². The van der Waals surface area contributed by atoms with Gasteiger partial charge >= 0.3 is 5.69 Å². The van der Waals surface area contributed by atoms with Crippen molar-refractivity contribution in [3.8, 4) is 17.0 Å². The summed E-state index contributed by atoms with van der Waals surface area (Å²) >= 11 is 0. The summed E-state index contributed by atoms with van der Waals surface area (Å²) in [5, 5.41) is 21.2. The minimum Gasteiger partial charge on any atom is -0.490 e. The number of methoxy groups -OCH3 is 1. The monoisotopic (exact) mass is 234 g/mol. The molecule has 0 aliphatic heterocycles. The van der Waals surface area contributed by atoms with Crippen molar-refractivity contribution in [3.63, 3.8) is 0 Å². The second-order valence-electron chi connectivity index (χ2n) is 3.37. The predicted octanol–water partition coefficient (Wildman–Crippen LogP) is 1.70. The quantitative estimate of drug-likeness (QED) is 0.644. The first-order valence-electron chi connectivity index (χ1n) is 4.84. The molecule has 0 bridgehead atoms. The number of nitro groups is 1. The fraction of sp³-hybridized carbons (Fsp3) is 0.200. The second kappa shape index (κ2) is 4.20. The zero-order valence-corrected chi connectivity index (χ0v) is 9.30. The van der Waals surface area contributed by atoms with Gasteiger partial charge in [0.15, 0.2) is 0 Å². The van der Waals surface area contributed by atoms with Crippen molar-refractivity contribution in [2.24, 2.45) is 0 Å². The molecule has 1 aromatic heterocycles. The molecule has 17 heavy (non-hydrogen) atoms. The Labute approximate surface area is 96.6 Å². The van der Waals surface area contributed by atoms with E-state index in [1.165, 1.54) is 13.2 Å². The molecule has 7 nitrogen and oxygen atoms in total. The van der Waals surface area contributed by atoms with Crippen LogP contribution in [0, 0.1) is 17.0 Å². The first-order valence-corrected chi connectivity index (χ1v) is 4.84. The van der Waals surface area contributed by atoms with E-state index in [-0.39, 0.29) is 11.4 Å². The number of H-pyrrole nitrogens is 1. The van der Waals surface area contributed by atoms with Gasteiger partial charge in [-0.3, -0.25) is 10.1 Å². The minimum atomic E-state index is -0.488. The van der Waals surface area contributed by atoms with Crippen molar-refractivity contribution in [2.75, 3.05) is 7.11 Å². The van der Waals surface area contributed by atoms with Gasteiger partial charge in [0.1, 0.15) is 5.69 Å². The van der Waals surface area contributed by atoms with Crippen molar-refractivity contribution in [1.82, 2.24) is 15.4 Å². The van der Waals surface area contributed by atoms with Crippen molar-refractivity contribution in [3.05, 3.63) is 34.0 Å². The molecule has 0 spiro atoms. The Hall–Kier alpha value is -2.44. The number of ether oxygens (including phenoxy) is 1. The molecule has 0 atom stereocenters. The number of nitro benzene ring substituents is 1. The van der Waals surface area contributed by atoms with Gasteiger partial charge in [-0.25, -0.2) is 0 Å². The molecule has 7 heteroatoms. The Kier molecular flexibility index (Phi) is 2.73. The van der Waals surface area contributed by atoms with Crippen LogP contribution >= 0.6 is 0 Å². The predicted molar refractivity (Wildman–Crippen MR) is 59.8 cm³/mol. The van der Waals surface area contributed by atoms with E-state index in [1.807, 2.05) is 0 Å². The molecule has 0 saturated heterocycles. The number of hydrogen-bond donors (Lipinski definition) is 1. The molecule has 0 radical (unpaired) electrons. The van der Waals surface area contributed by atoms with Gasteiger partial charge in [0.2, 0.25) is 5.75 Å². The summed E-state index contributed by atoms with van der Waals surface area (Å²) in [4.78, 5) is 10.4. The average Bonchev–Trinajstić information content (AvgIpc) is 2.74. The van der Waals surface area contributed by atoms with Crippen LogP contribution in [0.25, 0.3) is 11.3 Å². The molecule has 0 unspecified atom stereocenters. The first kappa shape index (κ1) is 11.1. The number of aromatic amines is 1. The van der Waals surface area contributed by atoms with Gasteiger partial charge in [-0.1, -0.05) is 6.07 Å². The van der Waals surface area contributed by atoms with E-state index < -0.39 is 4.92 Å². The number of nitrogens with zero attached hydrogens (tertiary/aromatic N) is 3. The minimum absolute atomic E-state index is 0.0904. The fourth-order valence-corrected chi connectivity index (χ4v) is 1.61. The Bertz CT molecular complexity index is 564. The van der Waals surface area contributed by atoms with Gasteiger partial charge in [-0.15, -0.1) is 0 Å². The maximum atomic E-state index is 10.9. The lowest BCUT2D eigenvalue weighted by Crippen LogP contribution is -1.96. The molecule has 0 amide bonds. The summed E-state index contributed by atoms with van der Waals surface area (Å²) in [7, 11) is 1.39. The number of nitrogens with one attached hydrogen (secondary N) is 1. The van der Waals surface area contributed by atoms with E-state index in [0.717, 1.165) is 0 Å². The fourth-order valence-electron chi connectivity index (χ4n) is 1.61. The highest BCUT2D eigenvalue weighted by Gasteiger charge is 2.21. The lowest BCUT2D eigenvalue weighted by molar-refractivity contribution is -0.385. The molecule has 2 aromatic rings. The van der Waals surface area contributed by atoms with E-state index in [0.29, 0.717) is 17.0 Å². The van der Waals surface area contributed by atoms with E-state index in [9.17, 15) is 10.1 Å². The van der Waals surface area contributed by atoms with Crippen LogP contribution in [0.3, 0.4) is 0 Å². The van der Waals surface area contributed by atoms with E-state index in [1.54, 1.807) is 19.1 Å². The summed E-state index contributed by atoms with van der Waals surface area (Å²) in [6.07, 6.45) is 0. The van der Waals surface area contributed by atoms with Crippen molar-refractivity contribution >= 4 is 5.69 Å². The molecule has 0 saturated carbocycles. The van der Waals surface area contributed by atoms with E-state index in [2.05, 4.69) is 15.4 Å². The summed E-state index contributed by atoms with van der Waals surface area (Å²) in [5.74, 6) is 0.189. The molecule has 1 N–H and O–H groups in total. The summed E-state index contributed by atoms with van der Waals surface area (Å²) in [5.41, 5.74) is 1.66. The molecule has 0 aliphatic carbocycles. The molecule has 1 heterocycles. The van der Waals surface area contributed by atoms with Gasteiger partial charge in [0, 0.05) is 6.07 Å². The second-order valence-corrected chi connectivity index (χ2v) is 3.37. The van der Waals surface area contributed by atoms with Crippen LogP contribution < -0.4 is 4.74 Å². The van der Waals surface area contributed by atoms with Gasteiger partial charge in [0.05, 0.1) is 23.3 Å². The standard InChI is InChI=1S/C10H10N4O3/c1-6-9(12-13-11-6)7-4-3-5-8(14(15)16)10(7)17-2/h3-5H,1-2H3,(H,11,12,13). The largest absolute Gasteiger partial charge is 0.490 e. The first-order chi connectivity index (χ1) is 8.15. The number of aryl methyl sites for hydroxylation is 1. The Morgan fingerprint density at radius 1 is 1.41 bits per heavy atom. The number of para-hydroxylation sites is 1. The molecule has 88 valence electrons. The number of benzene rings is 1. The van der Waals surface area contributed by atoms with Crippen LogP contribution in [-0.4, -0.2) is 27.4 Å². The van der Waals surface area contributed by atoms with Crippen LogP contribution in [0.4, 0.5) is 5.69 Å². The third-order valence-corrected chi connectivity index (χ3v) is 2.37. The van der Waals surface area contributed by atoms with Gasteiger partial charge in [-0.05, 0) is 13.0 Å². The van der Waals surface area contributed by atoms with Gasteiger partial charge < -0.3 is 4.74 Å². The van der Waals surface area contributed by atoms with Crippen LogP contribution in [-0.2, 0) is 0 Å². The van der Waals surface area contributed by atoms with E-state index in [4.69, 9.17) is 4.74 Å². The van der Waals surface area contributed by atoms with Gasteiger partial charge in [0.25, 0.3) is 0 Å². The number of aromatic nitrogens is 3. The topological polar surface area (TPSA) is 93.9 Å². The lowest BCUT2D eigenvalue weighted by atomic mass is 10.1. The highest BCUT2D eigenvalue weighted by molar-refractivity contribution is 5.74. The molecule has 0 aliphatic rings. The maximum absolute atomic E-state index is 10.9. The average molecular weight is 234 g/mol. The zero-order chi connectivity index (χ0) is 12.4. The molecule has 2 rings (SSSR count). The zero-order valence-electron chi connectivity index (χ0n) is 9.30. The van der Waals surface area contributed by atoms with Crippen molar-refractivity contribution in [2.45, 2.75) is 6.92 Å². The lowest BCUT2D eigenvalue weighted by Gasteiger charge is -2.06. The van der Waals surface area contributed by atoms with Crippen LogP contribution in [0.1, 0.15) is 5.69 Å². The van der Waals surface area contributed by atoms with Crippen LogP contribution in [0.5, 0.6) is 5.75 Å². The SMILES string of the molecule is COc1c(-c2n[nH]nc2C)cccc1[N+](=O)[O-]. The smallest absolute Gasteiger partial charge is 0.311 e. The maximum Gasteiger partial charge on any atom is 0.311 e. The molecular weight excluding hydrogens is 224 g/mol. The van der Waals surface area contributed by atoms with Crippen molar-refractivity contribution in [1.29, 1.82) is 0 Å². The Morgan fingerprint density at radius 2 is 2.18 bits per heavy atom. The van der Waals surface area contributed by atoms with Crippen LogP contribution in [0.15, 0.2) is 18.2 Å². The normalized spacial score (nSPS) is 10.2. The summed E-state index contributed by atoms with van der Waals surface area (Å²) in [6.45, 7) is 1.76. The Morgan fingerprint density at radius 3 is 2.71 bits per heavy atom. The molecule has 1 aromatic carbocycles. The van der Waals surface area contributed by atoms with Gasteiger partial charge in [-0.2, -0.15) is 15.4 Å². The van der Waals surface area contributed by atoms with E-state index >= 15 is 0 Å².